The molecule has 5 rings (SSSR count). The van der Waals surface area contributed by atoms with Crippen molar-refractivity contribution in [3.8, 4) is 6.01 Å². The molecule has 2 N–H and O–H groups in total. The quantitative estimate of drug-likeness (QED) is 0.447. The molecule has 0 aliphatic carbocycles. The van der Waals surface area contributed by atoms with Crippen molar-refractivity contribution in [3.05, 3.63) is 57.8 Å². The number of halogens is 1. The summed E-state index contributed by atoms with van der Waals surface area (Å²) >= 11 is 0. The van der Waals surface area contributed by atoms with Gasteiger partial charge in [0.2, 0.25) is 5.95 Å². The third kappa shape index (κ3) is 3.77. The molecular weight excluding hydrogens is 437 g/mol. The monoisotopic (exact) mass is 465 g/mol. The topological polar surface area (TPSA) is 103 Å². The third-order valence-corrected chi connectivity index (χ3v) is 6.16. The number of alkyl halides is 1. The van der Waals surface area contributed by atoms with E-state index in [1.54, 1.807) is 18.5 Å². The van der Waals surface area contributed by atoms with Gasteiger partial charge in [0.25, 0.3) is 5.56 Å². The fraction of sp³-hybridized carbons (Fsp3) is 0.417. The number of aromatic nitrogens is 5. The fourth-order valence-corrected chi connectivity index (χ4v) is 4.14. The summed E-state index contributed by atoms with van der Waals surface area (Å²) in [5.74, 6) is 0.349. The van der Waals surface area contributed by atoms with Gasteiger partial charge in [0, 0.05) is 29.9 Å². The number of rotatable bonds is 6. The molecule has 34 heavy (non-hydrogen) atoms. The van der Waals surface area contributed by atoms with Crippen molar-refractivity contribution in [2.24, 2.45) is 0 Å². The summed E-state index contributed by atoms with van der Waals surface area (Å²) in [5.41, 5.74) is 3.20. The summed E-state index contributed by atoms with van der Waals surface area (Å²) in [5, 5.41) is 6.97. The average Bonchev–Trinajstić information content (AvgIpc) is 3.42. The zero-order valence-electron chi connectivity index (χ0n) is 19.7. The van der Waals surface area contributed by atoms with Gasteiger partial charge < -0.3 is 15.1 Å². The number of hydrogen-bond acceptors (Lipinski definition) is 7. The van der Waals surface area contributed by atoms with Crippen LogP contribution in [0.1, 0.15) is 50.6 Å². The molecule has 4 aromatic rings. The maximum atomic E-state index is 13.5. The third-order valence-electron chi connectivity index (χ3n) is 6.16. The number of anilines is 2. The van der Waals surface area contributed by atoms with Crippen LogP contribution in [0.5, 0.6) is 0 Å². The Morgan fingerprint density at radius 2 is 2.09 bits per heavy atom. The lowest BCUT2D eigenvalue weighted by Gasteiger charge is -2.18. The SMILES string of the molecule is CC(C)n1c(=O)c2cnc(Nc3ccc4c(c3)CNCC4)nc2n1-c1nc(C(C)(C)CF)co1. The molecule has 3 aromatic heterocycles. The predicted octanol–water partition coefficient (Wildman–Crippen LogP) is 3.79. The number of benzene rings is 1. The maximum absolute atomic E-state index is 13.5. The minimum atomic E-state index is -0.809. The van der Waals surface area contributed by atoms with Crippen molar-refractivity contribution in [3.63, 3.8) is 0 Å². The standard InChI is InChI=1S/C24H28FN7O2/c1-14(2)31-21(33)18-11-27-22(28-17-6-5-15-7-8-26-10-16(15)9-17)30-20(18)32(31)23-29-19(12-34-23)24(3,4)13-25/h5-6,9,11-12,14,26H,7-8,10,13H2,1-4H3,(H,27,28,30). The van der Waals surface area contributed by atoms with Crippen molar-refractivity contribution in [1.29, 1.82) is 0 Å². The Labute approximate surface area is 196 Å². The second-order valence-corrected chi connectivity index (χ2v) is 9.55. The van der Waals surface area contributed by atoms with Gasteiger partial charge in [0.05, 0.1) is 5.69 Å². The van der Waals surface area contributed by atoms with Crippen LogP contribution in [0.3, 0.4) is 0 Å². The molecule has 0 atom stereocenters. The summed E-state index contributed by atoms with van der Waals surface area (Å²) in [6.07, 6.45) is 3.94. The van der Waals surface area contributed by atoms with E-state index in [1.165, 1.54) is 28.3 Å². The molecule has 0 radical (unpaired) electrons. The Balaban J connectivity index is 1.60. The fourth-order valence-electron chi connectivity index (χ4n) is 4.14. The molecule has 0 saturated heterocycles. The molecule has 10 heteroatoms. The minimum absolute atomic E-state index is 0.154. The summed E-state index contributed by atoms with van der Waals surface area (Å²) in [6.45, 7) is 8.49. The van der Waals surface area contributed by atoms with Gasteiger partial charge in [-0.25, -0.2) is 9.67 Å². The molecule has 1 aliphatic rings. The summed E-state index contributed by atoms with van der Waals surface area (Å²) in [4.78, 5) is 26.7. The van der Waals surface area contributed by atoms with Gasteiger partial charge in [-0.3, -0.25) is 9.18 Å². The summed E-state index contributed by atoms with van der Waals surface area (Å²) in [6, 6.07) is 6.16. The number of nitrogens with zero attached hydrogens (tertiary/aromatic N) is 5. The zero-order chi connectivity index (χ0) is 24.0. The van der Waals surface area contributed by atoms with Gasteiger partial charge in [-0.1, -0.05) is 19.9 Å². The van der Waals surface area contributed by atoms with Crippen molar-refractivity contribution in [2.75, 3.05) is 18.5 Å². The second kappa shape index (κ2) is 8.35. The number of fused-ring (bicyclic) bond motifs is 2. The maximum Gasteiger partial charge on any atom is 0.323 e. The molecule has 1 aliphatic heterocycles. The van der Waals surface area contributed by atoms with Crippen molar-refractivity contribution < 1.29 is 8.81 Å². The molecule has 0 unspecified atom stereocenters. The number of hydrogen-bond donors (Lipinski definition) is 2. The zero-order valence-corrected chi connectivity index (χ0v) is 19.7. The Morgan fingerprint density at radius 1 is 1.26 bits per heavy atom. The first-order chi connectivity index (χ1) is 16.3. The molecule has 0 bridgehead atoms. The molecule has 0 fully saturated rings. The Kier molecular flexibility index (Phi) is 5.47. The van der Waals surface area contributed by atoms with E-state index < -0.39 is 12.1 Å². The highest BCUT2D eigenvalue weighted by molar-refractivity contribution is 5.76. The first-order valence-corrected chi connectivity index (χ1v) is 11.4. The van der Waals surface area contributed by atoms with Crippen LogP contribution in [0, 0.1) is 0 Å². The lowest BCUT2D eigenvalue weighted by atomic mass is 9.92. The first kappa shape index (κ1) is 22.3. The van der Waals surface area contributed by atoms with Crippen LogP contribution in [-0.4, -0.2) is 37.5 Å². The van der Waals surface area contributed by atoms with Gasteiger partial charge in [-0.15, -0.1) is 0 Å². The van der Waals surface area contributed by atoms with E-state index in [-0.39, 0.29) is 17.6 Å². The predicted molar refractivity (Wildman–Crippen MR) is 128 cm³/mol. The van der Waals surface area contributed by atoms with Crippen LogP contribution >= 0.6 is 0 Å². The summed E-state index contributed by atoms with van der Waals surface area (Å²) < 4.78 is 22.3. The Hall–Kier alpha value is -3.53. The highest BCUT2D eigenvalue weighted by Crippen LogP contribution is 2.27. The van der Waals surface area contributed by atoms with Crippen molar-refractivity contribution in [1.82, 2.24) is 29.6 Å². The highest BCUT2D eigenvalue weighted by atomic mass is 19.1. The van der Waals surface area contributed by atoms with Gasteiger partial charge in [-0.05, 0) is 50.1 Å². The Bertz CT molecular complexity index is 1420. The molecule has 0 saturated carbocycles. The summed E-state index contributed by atoms with van der Waals surface area (Å²) in [7, 11) is 0. The van der Waals surface area contributed by atoms with Crippen molar-refractivity contribution in [2.45, 2.75) is 52.1 Å². The first-order valence-electron chi connectivity index (χ1n) is 11.4. The minimum Gasteiger partial charge on any atom is -0.430 e. The lowest BCUT2D eigenvalue weighted by Crippen LogP contribution is -2.25. The van der Waals surface area contributed by atoms with Crippen LogP contribution in [-0.2, 0) is 18.4 Å². The van der Waals surface area contributed by atoms with E-state index in [4.69, 9.17) is 4.42 Å². The smallest absolute Gasteiger partial charge is 0.323 e. The number of oxazole rings is 1. The van der Waals surface area contributed by atoms with E-state index in [0.29, 0.717) is 22.7 Å². The van der Waals surface area contributed by atoms with E-state index in [1.807, 2.05) is 19.9 Å². The van der Waals surface area contributed by atoms with Gasteiger partial charge in [0.15, 0.2) is 5.65 Å². The second-order valence-electron chi connectivity index (χ2n) is 9.55. The van der Waals surface area contributed by atoms with E-state index in [9.17, 15) is 9.18 Å². The van der Waals surface area contributed by atoms with Crippen LogP contribution in [0.2, 0.25) is 0 Å². The largest absolute Gasteiger partial charge is 0.430 e. The Morgan fingerprint density at radius 3 is 2.85 bits per heavy atom. The van der Waals surface area contributed by atoms with Gasteiger partial charge in [0.1, 0.15) is 18.3 Å². The molecule has 9 nitrogen and oxygen atoms in total. The van der Waals surface area contributed by atoms with E-state index in [2.05, 4.69) is 37.7 Å². The molecule has 178 valence electrons. The van der Waals surface area contributed by atoms with E-state index in [0.717, 1.165) is 25.2 Å². The number of nitrogens with one attached hydrogen (secondary N) is 2. The molecule has 1 aromatic carbocycles. The highest BCUT2D eigenvalue weighted by Gasteiger charge is 2.28. The normalized spacial score (nSPS) is 14.1. The molecule has 0 amide bonds. The van der Waals surface area contributed by atoms with Crippen LogP contribution in [0.25, 0.3) is 17.0 Å². The molecular formula is C24H28FN7O2. The van der Waals surface area contributed by atoms with Gasteiger partial charge >= 0.3 is 6.01 Å². The van der Waals surface area contributed by atoms with Crippen LogP contribution in [0.4, 0.5) is 16.0 Å². The average molecular weight is 466 g/mol. The van der Waals surface area contributed by atoms with Crippen LogP contribution in [0.15, 0.2) is 39.9 Å². The van der Waals surface area contributed by atoms with E-state index >= 15 is 0 Å². The van der Waals surface area contributed by atoms with Gasteiger partial charge in [-0.2, -0.15) is 14.6 Å². The van der Waals surface area contributed by atoms with Crippen molar-refractivity contribution >= 4 is 22.7 Å². The lowest BCUT2D eigenvalue weighted by molar-refractivity contribution is 0.343. The molecule has 4 heterocycles. The molecule has 0 spiro atoms. The van der Waals surface area contributed by atoms with Crippen LogP contribution < -0.4 is 16.2 Å².